The highest BCUT2D eigenvalue weighted by atomic mass is 32.1. The number of nitrogens with one attached hydrogen (secondary N) is 1. The van der Waals surface area contributed by atoms with Gasteiger partial charge in [0.2, 0.25) is 0 Å². The second kappa shape index (κ2) is 8.08. The van der Waals surface area contributed by atoms with Crippen LogP contribution in [0.5, 0.6) is 5.75 Å². The predicted molar refractivity (Wildman–Crippen MR) is 111 cm³/mol. The van der Waals surface area contributed by atoms with E-state index < -0.39 is 23.4 Å². The molecule has 0 saturated carbocycles. The molecular weight excluding hydrogens is 410 g/mol. The first-order chi connectivity index (χ1) is 14.5. The lowest BCUT2D eigenvalue weighted by molar-refractivity contribution is -0.120. The van der Waals surface area contributed by atoms with Crippen LogP contribution in [0.2, 0.25) is 0 Å². The van der Waals surface area contributed by atoms with Gasteiger partial charge in [0, 0.05) is 10.9 Å². The Morgan fingerprint density at radius 2 is 1.80 bits per heavy atom. The molecule has 4 rings (SSSR count). The predicted octanol–water partition coefficient (Wildman–Crippen LogP) is 4.82. The van der Waals surface area contributed by atoms with Crippen LogP contribution in [-0.2, 0) is 9.59 Å². The molecule has 2 aromatic carbocycles. The molecule has 30 heavy (non-hydrogen) atoms. The van der Waals surface area contributed by atoms with Crippen molar-refractivity contribution < 1.29 is 23.1 Å². The van der Waals surface area contributed by atoms with Gasteiger partial charge in [-0.05, 0) is 42.6 Å². The fourth-order valence-corrected chi connectivity index (χ4v) is 3.91. The number of halogens is 2. The van der Waals surface area contributed by atoms with Gasteiger partial charge in [-0.1, -0.05) is 18.2 Å². The van der Waals surface area contributed by atoms with Crippen LogP contribution >= 0.6 is 11.3 Å². The van der Waals surface area contributed by atoms with Crippen LogP contribution in [-0.4, -0.2) is 18.4 Å². The summed E-state index contributed by atoms with van der Waals surface area (Å²) in [5.74, 6) is -2.97. The first-order valence-corrected chi connectivity index (χ1v) is 10.00. The van der Waals surface area contributed by atoms with Gasteiger partial charge in [0.05, 0.1) is 23.6 Å². The summed E-state index contributed by atoms with van der Waals surface area (Å²) >= 11 is 1.29. The van der Waals surface area contributed by atoms with E-state index in [0.717, 1.165) is 17.0 Å². The lowest BCUT2D eigenvalue weighted by atomic mass is 10.1. The molecule has 0 saturated heterocycles. The Kier molecular flexibility index (Phi) is 5.33. The summed E-state index contributed by atoms with van der Waals surface area (Å²) in [6, 6.07) is 13.4. The van der Waals surface area contributed by atoms with Crippen molar-refractivity contribution in [3.63, 3.8) is 0 Å². The molecule has 2 heterocycles. The Bertz CT molecular complexity index is 1160. The zero-order valence-electron chi connectivity index (χ0n) is 15.8. The molecule has 5 nitrogen and oxygen atoms in total. The average molecular weight is 426 g/mol. The summed E-state index contributed by atoms with van der Waals surface area (Å²) in [5.41, 5.74) is 0.662. The van der Waals surface area contributed by atoms with Crippen LogP contribution in [0.15, 0.2) is 65.7 Å². The van der Waals surface area contributed by atoms with Crippen molar-refractivity contribution >= 4 is 40.1 Å². The second-order valence-electron chi connectivity index (χ2n) is 6.33. The van der Waals surface area contributed by atoms with Gasteiger partial charge in [-0.15, -0.1) is 11.3 Å². The van der Waals surface area contributed by atoms with Gasteiger partial charge in [0.25, 0.3) is 11.8 Å². The minimum absolute atomic E-state index is 0.0411. The summed E-state index contributed by atoms with van der Waals surface area (Å²) in [6.07, 6.45) is 0. The van der Waals surface area contributed by atoms with Crippen LogP contribution in [0.1, 0.15) is 11.8 Å². The first kappa shape index (κ1) is 19.8. The molecule has 8 heteroatoms. The van der Waals surface area contributed by atoms with E-state index in [1.165, 1.54) is 17.4 Å². The molecule has 0 atom stereocenters. The Hall–Kier alpha value is -3.52. The van der Waals surface area contributed by atoms with Crippen molar-refractivity contribution in [3.05, 3.63) is 82.2 Å². The van der Waals surface area contributed by atoms with Crippen molar-refractivity contribution in [3.8, 4) is 5.75 Å². The molecule has 1 aliphatic rings. The van der Waals surface area contributed by atoms with Crippen LogP contribution in [0.3, 0.4) is 0 Å². The summed E-state index contributed by atoms with van der Waals surface area (Å²) in [7, 11) is 0. The first-order valence-electron chi connectivity index (χ1n) is 9.12. The number of nitrogens with zero attached hydrogens (tertiary/aromatic N) is 1. The number of ether oxygens (including phenoxy) is 1. The normalized spacial score (nSPS) is 13.9. The minimum Gasteiger partial charge on any atom is -0.492 e. The summed E-state index contributed by atoms with van der Waals surface area (Å²) in [4.78, 5) is 27.8. The standard InChI is InChI=1S/C22H16F2N2O3S/c1-2-29-17-7-4-3-6-16(17)25-20-19(18-8-5-11-30-18)21(27)26(22(20)28)13-9-10-14(23)15(24)12-13/h3-12,25H,2H2,1H3. The van der Waals surface area contributed by atoms with Crippen molar-refractivity contribution in [1.29, 1.82) is 0 Å². The topological polar surface area (TPSA) is 58.6 Å². The number of hydrogen-bond acceptors (Lipinski definition) is 5. The fraction of sp³-hybridized carbons (Fsp3) is 0.0909. The molecule has 0 spiro atoms. The van der Waals surface area contributed by atoms with Crippen molar-refractivity contribution in [2.45, 2.75) is 6.92 Å². The third-order valence-electron chi connectivity index (χ3n) is 4.46. The molecule has 1 aromatic heterocycles. The lowest BCUT2D eigenvalue weighted by Gasteiger charge is -2.16. The molecule has 0 unspecified atom stereocenters. The van der Waals surface area contributed by atoms with Gasteiger partial charge in [-0.2, -0.15) is 0 Å². The lowest BCUT2D eigenvalue weighted by Crippen LogP contribution is -2.32. The molecule has 3 aromatic rings. The maximum Gasteiger partial charge on any atom is 0.282 e. The summed E-state index contributed by atoms with van der Waals surface area (Å²) in [5, 5.41) is 4.80. The summed E-state index contributed by atoms with van der Waals surface area (Å²) in [6.45, 7) is 2.26. The highest BCUT2D eigenvalue weighted by Crippen LogP contribution is 2.37. The average Bonchev–Trinajstić information content (AvgIpc) is 3.33. The molecule has 1 N–H and O–H groups in total. The molecule has 0 radical (unpaired) electrons. The van der Waals surface area contributed by atoms with E-state index >= 15 is 0 Å². The quantitative estimate of drug-likeness (QED) is 0.574. The molecule has 1 aliphatic heterocycles. The largest absolute Gasteiger partial charge is 0.492 e. The Labute approximate surface area is 175 Å². The Balaban J connectivity index is 1.80. The Morgan fingerprint density at radius 3 is 2.50 bits per heavy atom. The van der Waals surface area contributed by atoms with E-state index in [2.05, 4.69) is 5.32 Å². The van der Waals surface area contributed by atoms with E-state index in [1.54, 1.807) is 41.8 Å². The number of benzene rings is 2. The molecule has 0 aliphatic carbocycles. The van der Waals surface area contributed by atoms with Crippen LogP contribution in [0, 0.1) is 11.6 Å². The second-order valence-corrected chi connectivity index (χ2v) is 7.27. The van der Waals surface area contributed by atoms with E-state index in [1.807, 2.05) is 6.92 Å². The van der Waals surface area contributed by atoms with Gasteiger partial charge < -0.3 is 10.1 Å². The van der Waals surface area contributed by atoms with Crippen molar-refractivity contribution in [1.82, 2.24) is 0 Å². The molecule has 0 fully saturated rings. The Morgan fingerprint density at radius 1 is 1.00 bits per heavy atom. The number of hydrogen-bond donors (Lipinski definition) is 1. The maximum atomic E-state index is 13.8. The highest BCUT2D eigenvalue weighted by Gasteiger charge is 2.41. The van der Waals surface area contributed by atoms with Gasteiger partial charge in [-0.25, -0.2) is 13.7 Å². The molecule has 0 bridgehead atoms. The number of carbonyl (C=O) groups excluding carboxylic acids is 2. The van der Waals surface area contributed by atoms with Gasteiger partial charge in [0.15, 0.2) is 11.6 Å². The van der Waals surface area contributed by atoms with E-state index in [9.17, 15) is 18.4 Å². The number of rotatable bonds is 6. The number of anilines is 2. The van der Waals surface area contributed by atoms with E-state index in [4.69, 9.17) is 4.74 Å². The molecule has 152 valence electrons. The smallest absolute Gasteiger partial charge is 0.282 e. The third kappa shape index (κ3) is 3.46. The number of imide groups is 1. The SMILES string of the molecule is CCOc1ccccc1NC1=C(c2cccs2)C(=O)N(c2ccc(F)c(F)c2)C1=O. The highest BCUT2D eigenvalue weighted by molar-refractivity contribution is 7.11. The van der Waals surface area contributed by atoms with Crippen molar-refractivity contribution in [2.75, 3.05) is 16.8 Å². The summed E-state index contributed by atoms with van der Waals surface area (Å²) < 4.78 is 32.7. The monoisotopic (exact) mass is 426 g/mol. The number of carbonyl (C=O) groups is 2. The van der Waals surface area contributed by atoms with Crippen LogP contribution in [0.25, 0.3) is 5.57 Å². The van der Waals surface area contributed by atoms with E-state index in [-0.39, 0.29) is 17.0 Å². The van der Waals surface area contributed by atoms with Gasteiger partial charge in [0.1, 0.15) is 11.4 Å². The molecular formula is C22H16F2N2O3S. The van der Waals surface area contributed by atoms with Gasteiger partial charge >= 0.3 is 0 Å². The number of para-hydroxylation sites is 2. The number of amides is 2. The van der Waals surface area contributed by atoms with Crippen LogP contribution in [0.4, 0.5) is 20.2 Å². The van der Waals surface area contributed by atoms with E-state index in [0.29, 0.717) is 22.9 Å². The third-order valence-corrected chi connectivity index (χ3v) is 5.35. The van der Waals surface area contributed by atoms with Crippen LogP contribution < -0.4 is 15.0 Å². The zero-order valence-corrected chi connectivity index (χ0v) is 16.6. The van der Waals surface area contributed by atoms with Gasteiger partial charge in [-0.3, -0.25) is 9.59 Å². The molecule has 2 amide bonds. The number of thiophene rings is 1. The zero-order chi connectivity index (χ0) is 21.3. The fourth-order valence-electron chi connectivity index (χ4n) is 3.14. The maximum absolute atomic E-state index is 13.8. The van der Waals surface area contributed by atoms with Crippen molar-refractivity contribution in [2.24, 2.45) is 0 Å². The minimum atomic E-state index is -1.14.